The number of aryl methyl sites for hydroxylation is 1. The molecule has 180 valence electrons. The molecule has 2 amide bonds. The molecule has 0 radical (unpaired) electrons. The molecule has 1 aliphatic heterocycles. The van der Waals surface area contributed by atoms with E-state index in [2.05, 4.69) is 10.6 Å². The first-order valence-corrected chi connectivity index (χ1v) is 9.98. The highest BCUT2D eigenvalue weighted by molar-refractivity contribution is 6.62. The Bertz CT molecular complexity index is 996. The molecule has 2 N–H and O–H groups in total. The average molecular weight is 472 g/mol. The van der Waals surface area contributed by atoms with Gasteiger partial charge in [0.15, 0.2) is 0 Å². The Morgan fingerprint density at radius 3 is 2.03 bits per heavy atom. The summed E-state index contributed by atoms with van der Waals surface area (Å²) in [6, 6.07) is 5.94. The molecule has 5 nitrogen and oxygen atoms in total. The lowest BCUT2D eigenvalue weighted by atomic mass is 9.76. The van der Waals surface area contributed by atoms with Crippen LogP contribution in [0.3, 0.4) is 0 Å². The summed E-state index contributed by atoms with van der Waals surface area (Å²) >= 11 is 0. The number of amides is 2. The molecule has 0 atom stereocenters. The third-order valence-electron chi connectivity index (χ3n) is 5.58. The van der Waals surface area contributed by atoms with Crippen molar-refractivity contribution < 1.29 is 36.1 Å². The van der Waals surface area contributed by atoms with Gasteiger partial charge in [-0.05, 0) is 76.0 Å². The summed E-state index contributed by atoms with van der Waals surface area (Å²) in [4.78, 5) is 12.2. The summed E-state index contributed by atoms with van der Waals surface area (Å²) in [6.07, 6.45) is -4.65. The SMILES string of the molecule is CF.Cc1cc(NC(=O)Nc2cc(C(F)(F)F)ccc2F)ccc1B1OC(C)(C)C(C)(C)O1. The minimum absolute atomic E-state index is 0.377. The number of anilines is 2. The molecule has 0 bridgehead atoms. The second-order valence-corrected chi connectivity index (χ2v) is 8.43. The molecule has 1 aliphatic rings. The summed E-state index contributed by atoms with van der Waals surface area (Å²) in [6.45, 7) is 9.58. The molecule has 3 rings (SSSR count). The molecule has 0 unspecified atom stereocenters. The minimum Gasteiger partial charge on any atom is -0.399 e. The van der Waals surface area contributed by atoms with E-state index in [1.807, 2.05) is 34.6 Å². The van der Waals surface area contributed by atoms with Crippen LogP contribution < -0.4 is 16.1 Å². The van der Waals surface area contributed by atoms with Crippen molar-refractivity contribution in [1.29, 1.82) is 0 Å². The number of nitrogens with one attached hydrogen (secondary N) is 2. The lowest BCUT2D eigenvalue weighted by molar-refractivity contribution is -0.137. The van der Waals surface area contributed by atoms with Crippen molar-refractivity contribution in [3.63, 3.8) is 0 Å². The monoisotopic (exact) mass is 472 g/mol. The van der Waals surface area contributed by atoms with Crippen LogP contribution in [-0.4, -0.2) is 31.5 Å². The summed E-state index contributed by atoms with van der Waals surface area (Å²) in [5.41, 5.74) is -0.700. The van der Waals surface area contributed by atoms with Gasteiger partial charge >= 0.3 is 19.3 Å². The zero-order chi connectivity index (χ0) is 25.2. The third-order valence-corrected chi connectivity index (χ3v) is 5.58. The number of carbonyl (C=O) groups is 1. The van der Waals surface area contributed by atoms with Crippen molar-refractivity contribution in [2.45, 2.75) is 52.0 Å². The van der Waals surface area contributed by atoms with Crippen molar-refractivity contribution in [3.05, 3.63) is 53.3 Å². The zero-order valence-electron chi connectivity index (χ0n) is 19.2. The molecule has 0 spiro atoms. The van der Waals surface area contributed by atoms with E-state index in [1.54, 1.807) is 18.2 Å². The first-order valence-electron chi connectivity index (χ1n) is 9.98. The Morgan fingerprint density at radius 1 is 0.939 bits per heavy atom. The average Bonchev–Trinajstić information content (AvgIpc) is 2.91. The van der Waals surface area contributed by atoms with Crippen LogP contribution in [0.2, 0.25) is 0 Å². The number of hydrogen-bond donors (Lipinski definition) is 2. The van der Waals surface area contributed by atoms with Crippen molar-refractivity contribution in [2.24, 2.45) is 0 Å². The maximum absolute atomic E-state index is 13.8. The Balaban J connectivity index is 0.00000187. The highest BCUT2D eigenvalue weighted by Crippen LogP contribution is 2.37. The smallest absolute Gasteiger partial charge is 0.399 e. The van der Waals surface area contributed by atoms with Crippen molar-refractivity contribution in [3.8, 4) is 0 Å². The molecule has 0 aromatic heterocycles. The first kappa shape index (κ1) is 26.6. The van der Waals surface area contributed by atoms with E-state index in [1.165, 1.54) is 0 Å². The van der Waals surface area contributed by atoms with Gasteiger partial charge in [0.25, 0.3) is 0 Å². The molecule has 1 saturated heterocycles. The van der Waals surface area contributed by atoms with Crippen LogP contribution in [0.5, 0.6) is 0 Å². The molecule has 33 heavy (non-hydrogen) atoms. The van der Waals surface area contributed by atoms with Gasteiger partial charge in [0.2, 0.25) is 0 Å². The fraction of sp³-hybridized carbons (Fsp3) is 0.409. The Morgan fingerprint density at radius 2 is 1.52 bits per heavy atom. The Labute approximate surface area is 189 Å². The number of urea groups is 1. The van der Waals surface area contributed by atoms with Crippen LogP contribution in [0.4, 0.5) is 38.1 Å². The summed E-state index contributed by atoms with van der Waals surface area (Å²) in [5, 5.41) is 4.59. The predicted octanol–water partition coefficient (Wildman–Crippen LogP) is 5.68. The van der Waals surface area contributed by atoms with Gasteiger partial charge < -0.3 is 19.9 Å². The molecule has 2 aromatic carbocycles. The van der Waals surface area contributed by atoms with E-state index < -0.39 is 47.6 Å². The molecular weight excluding hydrogens is 446 g/mol. The van der Waals surface area contributed by atoms with Crippen LogP contribution in [0, 0.1) is 12.7 Å². The topological polar surface area (TPSA) is 59.6 Å². The van der Waals surface area contributed by atoms with Crippen molar-refractivity contribution in [2.75, 3.05) is 17.8 Å². The third kappa shape index (κ3) is 6.03. The summed E-state index contributed by atoms with van der Waals surface area (Å²) in [5.74, 6) is -0.976. The maximum Gasteiger partial charge on any atom is 0.495 e. The fourth-order valence-electron chi connectivity index (χ4n) is 3.07. The van der Waals surface area contributed by atoms with E-state index in [4.69, 9.17) is 9.31 Å². The van der Waals surface area contributed by atoms with Gasteiger partial charge in [-0.2, -0.15) is 13.2 Å². The number of rotatable bonds is 3. The summed E-state index contributed by atoms with van der Waals surface area (Å²) < 4.78 is 73.8. The summed E-state index contributed by atoms with van der Waals surface area (Å²) in [7, 11) is -0.0768. The van der Waals surface area contributed by atoms with E-state index in [-0.39, 0.29) is 0 Å². The van der Waals surface area contributed by atoms with Crippen LogP contribution in [0.15, 0.2) is 36.4 Å². The molecule has 1 fully saturated rings. The minimum atomic E-state index is -4.65. The van der Waals surface area contributed by atoms with Gasteiger partial charge in [0.1, 0.15) is 5.82 Å². The maximum atomic E-state index is 13.8. The van der Waals surface area contributed by atoms with Crippen LogP contribution >= 0.6 is 0 Å². The molecule has 1 heterocycles. The van der Waals surface area contributed by atoms with Crippen molar-refractivity contribution in [1.82, 2.24) is 0 Å². The lowest BCUT2D eigenvalue weighted by Crippen LogP contribution is -2.41. The van der Waals surface area contributed by atoms with Gasteiger partial charge in [-0.25, -0.2) is 9.18 Å². The number of benzene rings is 2. The fourth-order valence-corrected chi connectivity index (χ4v) is 3.07. The Kier molecular flexibility index (Phi) is 7.80. The number of halogens is 5. The van der Waals surface area contributed by atoms with E-state index in [0.717, 1.165) is 11.0 Å². The largest absolute Gasteiger partial charge is 0.495 e. The zero-order valence-corrected chi connectivity index (χ0v) is 19.2. The predicted molar refractivity (Wildman–Crippen MR) is 118 cm³/mol. The first-order chi connectivity index (χ1) is 15.2. The number of alkyl halides is 4. The second kappa shape index (κ2) is 9.68. The van der Waals surface area contributed by atoms with Crippen molar-refractivity contribution >= 4 is 30.0 Å². The normalized spacial score (nSPS) is 16.6. The molecular formula is C22H26BF5N2O3. The van der Waals surface area contributed by atoms with Gasteiger partial charge in [0, 0.05) is 5.69 Å². The Hall–Kier alpha value is -2.66. The molecule has 0 aliphatic carbocycles. The van der Waals surface area contributed by atoms with Crippen LogP contribution in [-0.2, 0) is 15.5 Å². The second-order valence-electron chi connectivity index (χ2n) is 8.43. The van der Waals surface area contributed by atoms with Gasteiger partial charge in [-0.3, -0.25) is 4.39 Å². The number of carbonyl (C=O) groups excluding carboxylic acids is 1. The number of hydrogen-bond acceptors (Lipinski definition) is 3. The standard InChI is InChI=1S/C21H23BF4N2O3.CH3F/c1-12-10-14(7-8-15(12)22-30-19(2,3)20(4,5)31-22)27-18(29)28-17-11-13(21(24,25)26)6-9-16(17)23;1-2/h6-11H,1-5H3,(H2,27,28,29);1H3. The molecule has 0 saturated carbocycles. The van der Waals surface area contributed by atoms with E-state index >= 15 is 0 Å². The van der Waals surface area contributed by atoms with Gasteiger partial charge in [-0.15, -0.1) is 0 Å². The molecule has 2 aromatic rings. The van der Waals surface area contributed by atoms with Gasteiger partial charge in [0.05, 0.1) is 29.6 Å². The van der Waals surface area contributed by atoms with Gasteiger partial charge in [-0.1, -0.05) is 6.07 Å². The van der Waals surface area contributed by atoms with E-state index in [0.29, 0.717) is 31.1 Å². The highest BCUT2D eigenvalue weighted by atomic mass is 19.4. The highest BCUT2D eigenvalue weighted by Gasteiger charge is 2.52. The molecule has 11 heteroatoms. The lowest BCUT2D eigenvalue weighted by Gasteiger charge is -2.32. The van der Waals surface area contributed by atoms with Crippen LogP contribution in [0.1, 0.15) is 38.8 Å². The van der Waals surface area contributed by atoms with Crippen LogP contribution in [0.25, 0.3) is 0 Å². The quantitative estimate of drug-likeness (QED) is 0.447. The van der Waals surface area contributed by atoms with E-state index in [9.17, 15) is 26.7 Å².